The summed E-state index contributed by atoms with van der Waals surface area (Å²) in [5, 5.41) is 3.84. The second-order valence-electron chi connectivity index (χ2n) is 4.64. The normalized spacial score (nSPS) is 20.4. The maximum atomic E-state index is 12.1. The number of hydrogen-bond acceptors (Lipinski definition) is 3. The number of sulfonamides is 1. The minimum absolute atomic E-state index is 0.144. The second kappa shape index (κ2) is 6.41. The van der Waals surface area contributed by atoms with E-state index in [0.717, 1.165) is 25.9 Å². The number of halogens is 2. The molecule has 1 heterocycles. The summed E-state index contributed by atoms with van der Waals surface area (Å²) in [5.41, 5.74) is 0. The van der Waals surface area contributed by atoms with Crippen LogP contribution >= 0.6 is 23.2 Å². The van der Waals surface area contributed by atoms with Gasteiger partial charge < -0.3 is 5.32 Å². The Labute approximate surface area is 123 Å². The molecule has 4 nitrogen and oxygen atoms in total. The Balaban J connectivity index is 2.02. The molecule has 0 aromatic heterocycles. The minimum Gasteiger partial charge on any atom is -0.316 e. The molecule has 1 unspecified atom stereocenters. The Morgan fingerprint density at radius 3 is 2.74 bits per heavy atom. The molecule has 0 saturated carbocycles. The van der Waals surface area contributed by atoms with Gasteiger partial charge in [0, 0.05) is 6.54 Å². The summed E-state index contributed by atoms with van der Waals surface area (Å²) in [6.07, 6.45) is 2.12. The third kappa shape index (κ3) is 4.07. The number of hydrogen-bond donors (Lipinski definition) is 2. The molecule has 1 aliphatic heterocycles. The van der Waals surface area contributed by atoms with E-state index in [1.165, 1.54) is 18.2 Å². The van der Waals surface area contributed by atoms with E-state index in [9.17, 15) is 8.42 Å². The van der Waals surface area contributed by atoms with Crippen LogP contribution in [0.25, 0.3) is 0 Å². The van der Waals surface area contributed by atoms with E-state index in [4.69, 9.17) is 23.2 Å². The third-order valence-corrected chi connectivity index (χ3v) is 5.32. The van der Waals surface area contributed by atoms with Crippen LogP contribution in [0.2, 0.25) is 10.0 Å². The average molecular weight is 323 g/mol. The van der Waals surface area contributed by atoms with Gasteiger partial charge in [0.15, 0.2) is 0 Å². The number of benzene rings is 1. The quantitative estimate of drug-likeness (QED) is 0.894. The molecule has 106 valence electrons. The Hall–Kier alpha value is -0.330. The average Bonchev–Trinajstić information content (AvgIpc) is 2.41. The fourth-order valence-corrected chi connectivity index (χ4v) is 3.56. The standard InChI is InChI=1S/C12H16Cl2N2O2S/c13-11-4-3-10(6-12(11)14)19(17,18)16-8-9-2-1-5-15-7-9/h3-4,6,9,15-16H,1-2,5,7-8H2. The molecule has 0 spiro atoms. The highest BCUT2D eigenvalue weighted by Gasteiger charge is 2.19. The van der Waals surface area contributed by atoms with Crippen molar-refractivity contribution in [1.82, 2.24) is 10.0 Å². The molecule has 1 aromatic rings. The monoisotopic (exact) mass is 322 g/mol. The lowest BCUT2D eigenvalue weighted by Gasteiger charge is -2.22. The van der Waals surface area contributed by atoms with E-state index in [0.29, 0.717) is 17.5 Å². The van der Waals surface area contributed by atoms with Crippen LogP contribution in [0.1, 0.15) is 12.8 Å². The van der Waals surface area contributed by atoms with Gasteiger partial charge in [-0.1, -0.05) is 23.2 Å². The maximum absolute atomic E-state index is 12.1. The van der Waals surface area contributed by atoms with Crippen LogP contribution in [-0.2, 0) is 10.0 Å². The molecule has 2 rings (SSSR count). The van der Waals surface area contributed by atoms with E-state index in [1.54, 1.807) is 0 Å². The summed E-state index contributed by atoms with van der Waals surface area (Å²) < 4.78 is 26.8. The van der Waals surface area contributed by atoms with Gasteiger partial charge >= 0.3 is 0 Å². The Morgan fingerprint density at radius 2 is 2.11 bits per heavy atom. The molecule has 2 N–H and O–H groups in total. The zero-order valence-electron chi connectivity index (χ0n) is 10.3. The molecule has 0 radical (unpaired) electrons. The molecule has 1 aromatic carbocycles. The van der Waals surface area contributed by atoms with Gasteiger partial charge in [-0.2, -0.15) is 0 Å². The lowest BCUT2D eigenvalue weighted by Crippen LogP contribution is -2.38. The van der Waals surface area contributed by atoms with E-state index in [2.05, 4.69) is 10.0 Å². The van der Waals surface area contributed by atoms with Gasteiger partial charge in [-0.15, -0.1) is 0 Å². The van der Waals surface area contributed by atoms with Crippen LogP contribution in [0.15, 0.2) is 23.1 Å². The molecule has 1 fully saturated rings. The van der Waals surface area contributed by atoms with Crippen molar-refractivity contribution in [2.75, 3.05) is 19.6 Å². The summed E-state index contributed by atoms with van der Waals surface area (Å²) in [6.45, 7) is 2.30. The SMILES string of the molecule is O=S(=O)(NCC1CCCNC1)c1ccc(Cl)c(Cl)c1. The van der Waals surface area contributed by atoms with Crippen molar-refractivity contribution < 1.29 is 8.42 Å². The van der Waals surface area contributed by atoms with Gasteiger partial charge in [0.1, 0.15) is 0 Å². The topological polar surface area (TPSA) is 58.2 Å². The van der Waals surface area contributed by atoms with Gasteiger partial charge in [0.05, 0.1) is 14.9 Å². The van der Waals surface area contributed by atoms with E-state index in [-0.39, 0.29) is 9.92 Å². The molecule has 0 bridgehead atoms. The highest BCUT2D eigenvalue weighted by Crippen LogP contribution is 2.24. The Bertz CT molecular complexity index is 543. The summed E-state index contributed by atoms with van der Waals surface area (Å²) in [6, 6.07) is 4.31. The molecule has 1 atom stereocenters. The van der Waals surface area contributed by atoms with Crippen molar-refractivity contribution in [3.05, 3.63) is 28.2 Å². The summed E-state index contributed by atoms with van der Waals surface area (Å²) in [4.78, 5) is 0.144. The first-order valence-electron chi connectivity index (χ1n) is 6.14. The van der Waals surface area contributed by atoms with Gasteiger partial charge in [-0.3, -0.25) is 0 Å². The maximum Gasteiger partial charge on any atom is 0.240 e. The van der Waals surface area contributed by atoms with Crippen molar-refractivity contribution >= 4 is 33.2 Å². The van der Waals surface area contributed by atoms with Crippen molar-refractivity contribution in [3.8, 4) is 0 Å². The Kier molecular flexibility index (Phi) is 5.09. The summed E-state index contributed by atoms with van der Waals surface area (Å²) in [7, 11) is -3.52. The zero-order chi connectivity index (χ0) is 13.9. The second-order valence-corrected chi connectivity index (χ2v) is 7.22. The minimum atomic E-state index is -3.52. The van der Waals surface area contributed by atoms with E-state index < -0.39 is 10.0 Å². The molecule has 0 amide bonds. The summed E-state index contributed by atoms with van der Waals surface area (Å²) in [5.74, 6) is 0.339. The first-order chi connectivity index (χ1) is 8.99. The fourth-order valence-electron chi connectivity index (χ4n) is 2.05. The van der Waals surface area contributed by atoms with Crippen molar-refractivity contribution in [2.24, 2.45) is 5.92 Å². The summed E-state index contributed by atoms with van der Waals surface area (Å²) >= 11 is 11.6. The van der Waals surface area contributed by atoms with Crippen LogP contribution in [-0.4, -0.2) is 28.1 Å². The first-order valence-corrected chi connectivity index (χ1v) is 8.38. The largest absolute Gasteiger partial charge is 0.316 e. The van der Waals surface area contributed by atoms with Gasteiger partial charge in [0.2, 0.25) is 10.0 Å². The molecule has 7 heteroatoms. The van der Waals surface area contributed by atoms with Crippen LogP contribution in [0, 0.1) is 5.92 Å². The molecule has 1 aliphatic rings. The Morgan fingerprint density at radius 1 is 1.32 bits per heavy atom. The third-order valence-electron chi connectivity index (χ3n) is 3.16. The van der Waals surface area contributed by atoms with Gasteiger partial charge in [0.25, 0.3) is 0 Å². The molecular weight excluding hydrogens is 307 g/mol. The smallest absolute Gasteiger partial charge is 0.240 e. The lowest BCUT2D eigenvalue weighted by atomic mass is 10.0. The molecule has 0 aliphatic carbocycles. The number of rotatable bonds is 4. The zero-order valence-corrected chi connectivity index (χ0v) is 12.7. The predicted octanol–water partition coefficient (Wildman–Crippen LogP) is 2.27. The van der Waals surface area contributed by atoms with Crippen molar-refractivity contribution in [1.29, 1.82) is 0 Å². The number of nitrogens with one attached hydrogen (secondary N) is 2. The van der Waals surface area contributed by atoms with Crippen molar-refractivity contribution in [2.45, 2.75) is 17.7 Å². The molecular formula is C12H16Cl2N2O2S. The lowest BCUT2D eigenvalue weighted by molar-refractivity contribution is 0.376. The van der Waals surface area contributed by atoms with Crippen molar-refractivity contribution in [3.63, 3.8) is 0 Å². The highest BCUT2D eigenvalue weighted by molar-refractivity contribution is 7.89. The van der Waals surface area contributed by atoms with Crippen LogP contribution < -0.4 is 10.0 Å². The van der Waals surface area contributed by atoms with Crippen LogP contribution in [0.3, 0.4) is 0 Å². The van der Waals surface area contributed by atoms with Crippen LogP contribution in [0.4, 0.5) is 0 Å². The fraction of sp³-hybridized carbons (Fsp3) is 0.500. The van der Waals surface area contributed by atoms with Gasteiger partial charge in [-0.05, 0) is 50.0 Å². The van der Waals surface area contributed by atoms with E-state index >= 15 is 0 Å². The van der Waals surface area contributed by atoms with Gasteiger partial charge in [-0.25, -0.2) is 13.1 Å². The molecule has 19 heavy (non-hydrogen) atoms. The van der Waals surface area contributed by atoms with Crippen LogP contribution in [0.5, 0.6) is 0 Å². The molecule has 1 saturated heterocycles. The number of piperidine rings is 1. The first kappa shape index (κ1) is 15.1. The highest BCUT2D eigenvalue weighted by atomic mass is 35.5. The van der Waals surface area contributed by atoms with E-state index in [1.807, 2.05) is 0 Å². The predicted molar refractivity (Wildman–Crippen MR) is 77.2 cm³/mol.